The van der Waals surface area contributed by atoms with Crippen molar-refractivity contribution >= 4 is 29.1 Å². The quantitative estimate of drug-likeness (QED) is 0.549. The Bertz CT molecular complexity index is 793. The fourth-order valence-electron chi connectivity index (χ4n) is 2.07. The van der Waals surface area contributed by atoms with Gasteiger partial charge >= 0.3 is 0 Å². The van der Waals surface area contributed by atoms with E-state index in [4.69, 9.17) is 21.7 Å². The number of para-hydroxylation sites is 1. The monoisotopic (exact) mass is 373 g/mol. The lowest BCUT2D eigenvalue weighted by atomic mass is 10.2. The smallest absolute Gasteiger partial charge is 0.269 e. The molecule has 7 nitrogen and oxygen atoms in total. The fourth-order valence-corrected chi connectivity index (χ4v) is 2.21. The van der Waals surface area contributed by atoms with Crippen molar-refractivity contribution in [2.45, 2.75) is 6.92 Å². The maximum atomic E-state index is 12.3. The largest absolute Gasteiger partial charge is 0.497 e. The summed E-state index contributed by atoms with van der Waals surface area (Å²) in [5, 5.41) is 2.45. The fraction of sp³-hybridized carbons (Fsp3) is 0.167. The number of benzene rings is 2. The predicted molar refractivity (Wildman–Crippen MR) is 101 cm³/mol. The van der Waals surface area contributed by atoms with Crippen molar-refractivity contribution in [2.24, 2.45) is 0 Å². The number of hydrogen-bond acceptors (Lipinski definition) is 5. The molecule has 0 bridgehead atoms. The van der Waals surface area contributed by atoms with Gasteiger partial charge in [-0.15, -0.1) is 0 Å². The van der Waals surface area contributed by atoms with Crippen LogP contribution in [0.25, 0.3) is 0 Å². The van der Waals surface area contributed by atoms with Crippen LogP contribution in [0, 0.1) is 0 Å². The molecule has 2 aromatic rings. The van der Waals surface area contributed by atoms with Crippen LogP contribution in [0.4, 0.5) is 0 Å². The van der Waals surface area contributed by atoms with Crippen molar-refractivity contribution in [1.29, 1.82) is 0 Å². The molecule has 0 unspecified atom stereocenters. The standard InChI is InChI=1S/C18H19N3O4S/c1-3-25-15-7-5-4-6-14(15)17(23)19-18(26)21-20-16(22)12-8-10-13(24-2)11-9-12/h4-11H,3H2,1-2H3,(H,20,22)(H2,19,21,23,26). The summed E-state index contributed by atoms with van der Waals surface area (Å²) in [6.07, 6.45) is 0. The molecule has 8 heteroatoms. The van der Waals surface area contributed by atoms with Crippen molar-refractivity contribution in [3.63, 3.8) is 0 Å². The van der Waals surface area contributed by atoms with E-state index in [9.17, 15) is 9.59 Å². The van der Waals surface area contributed by atoms with Crippen molar-refractivity contribution < 1.29 is 19.1 Å². The first kappa shape index (κ1) is 19.2. The SMILES string of the molecule is CCOc1ccccc1C(=O)NC(=S)NNC(=O)c1ccc(OC)cc1. The van der Waals surface area contributed by atoms with Crippen LogP contribution in [0.5, 0.6) is 11.5 Å². The molecule has 2 amide bonds. The Balaban J connectivity index is 1.90. The number of nitrogens with one attached hydrogen (secondary N) is 3. The van der Waals surface area contributed by atoms with E-state index >= 15 is 0 Å². The number of rotatable bonds is 5. The Morgan fingerprint density at radius 2 is 1.69 bits per heavy atom. The third kappa shape index (κ3) is 5.18. The Morgan fingerprint density at radius 1 is 1.00 bits per heavy atom. The van der Waals surface area contributed by atoms with Gasteiger partial charge < -0.3 is 9.47 Å². The Morgan fingerprint density at radius 3 is 2.35 bits per heavy atom. The van der Waals surface area contributed by atoms with Gasteiger partial charge in [0.1, 0.15) is 11.5 Å². The second kappa shape index (κ2) is 9.38. The summed E-state index contributed by atoms with van der Waals surface area (Å²) >= 11 is 5.03. The molecular formula is C18H19N3O4S. The zero-order valence-electron chi connectivity index (χ0n) is 14.4. The topological polar surface area (TPSA) is 88.7 Å². The van der Waals surface area contributed by atoms with E-state index in [0.29, 0.717) is 29.2 Å². The van der Waals surface area contributed by atoms with Gasteiger partial charge in [-0.1, -0.05) is 12.1 Å². The number of thiocarbonyl (C=S) groups is 1. The molecule has 136 valence electrons. The Kier molecular flexibility index (Phi) is 6.92. The van der Waals surface area contributed by atoms with Crippen molar-refractivity contribution in [3.8, 4) is 11.5 Å². The van der Waals surface area contributed by atoms with Gasteiger partial charge in [0.25, 0.3) is 11.8 Å². The van der Waals surface area contributed by atoms with Crippen LogP contribution in [0.1, 0.15) is 27.6 Å². The highest BCUT2D eigenvalue weighted by Crippen LogP contribution is 2.17. The number of amides is 2. The highest BCUT2D eigenvalue weighted by Gasteiger charge is 2.13. The summed E-state index contributed by atoms with van der Waals surface area (Å²) in [7, 11) is 1.54. The summed E-state index contributed by atoms with van der Waals surface area (Å²) in [6.45, 7) is 2.26. The molecule has 0 spiro atoms. The van der Waals surface area contributed by atoms with Crippen LogP contribution in [0.15, 0.2) is 48.5 Å². The van der Waals surface area contributed by atoms with E-state index in [1.54, 1.807) is 55.6 Å². The van der Waals surface area contributed by atoms with Crippen molar-refractivity contribution in [2.75, 3.05) is 13.7 Å². The number of carbonyl (C=O) groups excluding carboxylic acids is 2. The summed E-state index contributed by atoms with van der Waals surface area (Å²) in [5.74, 6) is 0.257. The van der Waals surface area contributed by atoms with Gasteiger partial charge in [0.2, 0.25) is 0 Å². The molecule has 0 fully saturated rings. The number of ether oxygens (including phenoxy) is 2. The van der Waals surface area contributed by atoms with Gasteiger partial charge in [-0.3, -0.25) is 25.8 Å². The van der Waals surface area contributed by atoms with Crippen molar-refractivity contribution in [3.05, 3.63) is 59.7 Å². The highest BCUT2D eigenvalue weighted by atomic mass is 32.1. The molecule has 0 saturated carbocycles. The lowest BCUT2D eigenvalue weighted by molar-refractivity contribution is 0.0933. The first-order valence-electron chi connectivity index (χ1n) is 7.82. The second-order valence-electron chi connectivity index (χ2n) is 5.02. The van der Waals surface area contributed by atoms with Crippen LogP contribution in [-0.2, 0) is 0 Å². The van der Waals surface area contributed by atoms with Crippen LogP contribution in [0.3, 0.4) is 0 Å². The lowest BCUT2D eigenvalue weighted by Crippen LogP contribution is -2.48. The second-order valence-corrected chi connectivity index (χ2v) is 5.43. The molecule has 0 aliphatic heterocycles. The molecule has 0 aromatic heterocycles. The maximum Gasteiger partial charge on any atom is 0.269 e. The summed E-state index contributed by atoms with van der Waals surface area (Å²) < 4.78 is 10.4. The minimum Gasteiger partial charge on any atom is -0.497 e. The number of hydrogen-bond donors (Lipinski definition) is 3. The van der Waals surface area contributed by atoms with Gasteiger partial charge in [-0.05, 0) is 55.5 Å². The average molecular weight is 373 g/mol. The van der Waals surface area contributed by atoms with Gasteiger partial charge in [-0.25, -0.2) is 0 Å². The number of methoxy groups -OCH3 is 1. The van der Waals surface area contributed by atoms with E-state index in [1.165, 1.54) is 0 Å². The van der Waals surface area contributed by atoms with E-state index in [0.717, 1.165) is 0 Å². The molecule has 0 aliphatic carbocycles. The number of carbonyl (C=O) groups is 2. The van der Waals surface area contributed by atoms with Crippen LogP contribution in [0.2, 0.25) is 0 Å². The molecule has 0 atom stereocenters. The Labute approximate surface area is 156 Å². The normalized spacial score (nSPS) is 9.77. The predicted octanol–water partition coefficient (Wildman–Crippen LogP) is 2.04. The van der Waals surface area contributed by atoms with E-state index in [2.05, 4.69) is 16.2 Å². The van der Waals surface area contributed by atoms with Gasteiger partial charge in [0.15, 0.2) is 5.11 Å². The maximum absolute atomic E-state index is 12.3. The molecule has 0 aliphatic rings. The zero-order chi connectivity index (χ0) is 18.9. The molecule has 3 N–H and O–H groups in total. The first-order valence-corrected chi connectivity index (χ1v) is 8.23. The molecule has 26 heavy (non-hydrogen) atoms. The third-order valence-corrected chi connectivity index (χ3v) is 3.50. The Hall–Kier alpha value is -3.13. The molecule has 0 saturated heterocycles. The van der Waals surface area contributed by atoms with E-state index in [1.807, 2.05) is 6.92 Å². The van der Waals surface area contributed by atoms with E-state index in [-0.39, 0.29) is 5.11 Å². The summed E-state index contributed by atoms with van der Waals surface area (Å²) in [6, 6.07) is 13.4. The lowest BCUT2D eigenvalue weighted by Gasteiger charge is -2.13. The highest BCUT2D eigenvalue weighted by molar-refractivity contribution is 7.80. The summed E-state index contributed by atoms with van der Waals surface area (Å²) in [5.41, 5.74) is 5.66. The minimum atomic E-state index is -0.440. The zero-order valence-corrected chi connectivity index (χ0v) is 15.2. The van der Waals surface area contributed by atoms with Crippen LogP contribution < -0.4 is 25.6 Å². The molecule has 0 radical (unpaired) electrons. The van der Waals surface area contributed by atoms with Gasteiger partial charge in [0, 0.05) is 5.56 Å². The van der Waals surface area contributed by atoms with Crippen LogP contribution >= 0.6 is 12.2 Å². The molecular weight excluding hydrogens is 354 g/mol. The third-order valence-electron chi connectivity index (χ3n) is 3.30. The van der Waals surface area contributed by atoms with Gasteiger partial charge in [0.05, 0.1) is 19.3 Å². The van der Waals surface area contributed by atoms with E-state index < -0.39 is 11.8 Å². The number of hydrazine groups is 1. The molecule has 2 rings (SSSR count). The molecule has 0 heterocycles. The molecule has 2 aromatic carbocycles. The summed E-state index contributed by atoms with van der Waals surface area (Å²) in [4.78, 5) is 24.3. The van der Waals surface area contributed by atoms with Crippen LogP contribution in [-0.4, -0.2) is 30.6 Å². The van der Waals surface area contributed by atoms with Gasteiger partial charge in [-0.2, -0.15) is 0 Å². The first-order chi connectivity index (χ1) is 12.5. The van der Waals surface area contributed by atoms with Crippen molar-refractivity contribution in [1.82, 2.24) is 16.2 Å². The average Bonchev–Trinajstić information content (AvgIpc) is 2.66. The minimum absolute atomic E-state index is 0.0387.